The summed E-state index contributed by atoms with van der Waals surface area (Å²) in [6.45, 7) is 2.04. The number of nitrogens with zero attached hydrogens (tertiary/aromatic N) is 1. The Balaban J connectivity index is 2.12. The minimum atomic E-state index is -1.18. The number of carboxylic acid groups (broad SMARTS) is 2. The highest BCUT2D eigenvalue weighted by molar-refractivity contribution is 8.00. The van der Waals surface area contributed by atoms with Gasteiger partial charge in [0, 0.05) is 44.5 Å². The van der Waals surface area contributed by atoms with Gasteiger partial charge in [0.05, 0.1) is 11.3 Å². The van der Waals surface area contributed by atoms with Gasteiger partial charge in [0.15, 0.2) is 0 Å². The van der Waals surface area contributed by atoms with E-state index in [-0.39, 0.29) is 74.1 Å². The van der Waals surface area contributed by atoms with Gasteiger partial charge in [-0.3, -0.25) is 33.7 Å². The molecule has 1 rings (SSSR count). The molecule has 1 aliphatic rings. The Morgan fingerprint density at radius 3 is 1.85 bits per heavy atom. The largest absolute Gasteiger partial charge is 0.481 e. The third-order valence-corrected chi connectivity index (χ3v) is 9.77. The number of carbonyl (C=O) groups excluding carboxylic acids is 5. The fourth-order valence-electron chi connectivity index (χ4n) is 5.47. The molecule has 0 aromatic carbocycles. The van der Waals surface area contributed by atoms with Crippen molar-refractivity contribution >= 4 is 53.1 Å². The van der Waals surface area contributed by atoms with Gasteiger partial charge >= 0.3 is 11.9 Å². The van der Waals surface area contributed by atoms with Crippen molar-refractivity contribution in [2.45, 2.75) is 146 Å². The minimum absolute atomic E-state index is 0.0247. The Morgan fingerprint density at radius 2 is 1.33 bits per heavy atom. The number of thioether (sulfide) groups is 1. The number of imide groups is 1. The van der Waals surface area contributed by atoms with Crippen LogP contribution < -0.4 is 16.0 Å². The monoisotopic (exact) mass is 698 g/mol. The molecule has 1 aliphatic heterocycles. The zero-order valence-electron chi connectivity index (χ0n) is 28.9. The lowest BCUT2D eigenvalue weighted by Gasteiger charge is -2.16. The highest BCUT2D eigenvalue weighted by Crippen LogP contribution is 2.26. The predicted octanol–water partition coefficient (Wildman–Crippen LogP) is 3.82. The van der Waals surface area contributed by atoms with Crippen molar-refractivity contribution in [3.05, 3.63) is 0 Å². The summed E-state index contributed by atoms with van der Waals surface area (Å²) in [5.74, 6) is -2.69. The van der Waals surface area contributed by atoms with Gasteiger partial charge in [-0.2, -0.15) is 0 Å². The van der Waals surface area contributed by atoms with E-state index in [4.69, 9.17) is 5.11 Å². The first-order chi connectivity index (χ1) is 23.0. The van der Waals surface area contributed by atoms with Crippen LogP contribution in [-0.2, 0) is 33.6 Å². The first-order valence-corrected chi connectivity index (χ1v) is 18.6. The maximum atomic E-state index is 12.6. The zero-order valence-corrected chi connectivity index (χ0v) is 29.7. The number of likely N-dealkylation sites (tertiary alicyclic amines) is 1. The van der Waals surface area contributed by atoms with E-state index in [0.717, 1.165) is 51.4 Å². The Hall–Kier alpha value is -3.00. The van der Waals surface area contributed by atoms with Crippen molar-refractivity contribution in [1.29, 1.82) is 0 Å². The summed E-state index contributed by atoms with van der Waals surface area (Å²) in [6, 6.07) is -1.51. The highest BCUT2D eigenvalue weighted by atomic mass is 32.2. The highest BCUT2D eigenvalue weighted by Gasteiger charge is 2.38. The van der Waals surface area contributed by atoms with Gasteiger partial charge in [0.2, 0.25) is 23.6 Å². The number of carboxylic acids is 2. The summed E-state index contributed by atoms with van der Waals surface area (Å²) in [6.07, 6.45) is 13.9. The third-order valence-electron chi connectivity index (χ3n) is 8.47. The number of Topliss-reactive ketones (excluding diaryl/α,β-unsaturated/α-hetero) is 1. The molecule has 0 radical (unpaired) electrons. The van der Waals surface area contributed by atoms with Crippen molar-refractivity contribution in [3.8, 4) is 0 Å². The minimum Gasteiger partial charge on any atom is -0.481 e. The molecule has 0 aliphatic carbocycles. The number of nitrogens with one attached hydrogen (secondary N) is 3. The van der Waals surface area contributed by atoms with Crippen LogP contribution in [0.5, 0.6) is 0 Å². The van der Waals surface area contributed by atoms with E-state index in [9.17, 15) is 38.7 Å². The first kappa shape index (κ1) is 43.0. The summed E-state index contributed by atoms with van der Waals surface area (Å²) < 4.78 is 0. The fraction of sp³-hybridized carbons (Fsp3) is 0.794. The van der Waals surface area contributed by atoms with E-state index in [1.54, 1.807) is 7.05 Å². The van der Waals surface area contributed by atoms with Crippen LogP contribution in [0.15, 0.2) is 0 Å². The molecule has 1 heterocycles. The second-order valence-corrected chi connectivity index (χ2v) is 13.8. The van der Waals surface area contributed by atoms with Crippen LogP contribution in [0, 0.1) is 0 Å². The van der Waals surface area contributed by atoms with Crippen LogP contribution in [0.3, 0.4) is 0 Å². The Labute approximate surface area is 289 Å². The molecule has 0 spiro atoms. The number of amides is 4. The summed E-state index contributed by atoms with van der Waals surface area (Å²) in [4.78, 5) is 84.5. The van der Waals surface area contributed by atoms with Crippen LogP contribution in [0.2, 0.25) is 0 Å². The molecule has 3 atom stereocenters. The molecule has 0 saturated carbocycles. The predicted molar refractivity (Wildman–Crippen MR) is 184 cm³/mol. The number of unbranched alkanes of at least 4 members (excludes halogenated alkanes) is 12. The van der Waals surface area contributed by atoms with E-state index in [1.165, 1.54) is 42.8 Å². The van der Waals surface area contributed by atoms with Gasteiger partial charge in [-0.1, -0.05) is 64.2 Å². The molecule has 1 saturated heterocycles. The molecular weight excluding hydrogens is 640 g/mol. The second kappa shape index (κ2) is 25.9. The number of rotatable bonds is 30. The van der Waals surface area contributed by atoms with Crippen molar-refractivity contribution < 1.29 is 43.8 Å². The normalized spacial score (nSPS) is 15.7. The zero-order chi connectivity index (χ0) is 35.7. The van der Waals surface area contributed by atoms with Gasteiger partial charge in [0.1, 0.15) is 11.8 Å². The maximum absolute atomic E-state index is 12.6. The van der Waals surface area contributed by atoms with Crippen molar-refractivity contribution in [1.82, 2.24) is 20.9 Å². The first-order valence-electron chi connectivity index (χ1n) is 17.6. The SMILES string of the molecule is CNC(CSC1CC(=O)N(CCCCNC(=O)CCC(NC(=O)CCCCCCCCCCCCCCC(=O)O)C(=O)O)C1=O)C(C)=O. The average molecular weight is 699 g/mol. The number of hydrogen-bond acceptors (Lipinski definition) is 9. The molecule has 274 valence electrons. The van der Waals surface area contributed by atoms with Gasteiger partial charge in [-0.05, 0) is 46.1 Å². The maximum Gasteiger partial charge on any atom is 0.326 e. The Bertz CT molecular complexity index is 1040. The number of ketones is 1. The summed E-state index contributed by atoms with van der Waals surface area (Å²) in [7, 11) is 1.68. The molecule has 3 unspecified atom stereocenters. The summed E-state index contributed by atoms with van der Waals surface area (Å²) >= 11 is 1.30. The van der Waals surface area contributed by atoms with Crippen molar-refractivity contribution in [2.24, 2.45) is 0 Å². The van der Waals surface area contributed by atoms with Crippen molar-refractivity contribution in [3.63, 3.8) is 0 Å². The van der Waals surface area contributed by atoms with E-state index >= 15 is 0 Å². The van der Waals surface area contributed by atoms with Crippen LogP contribution in [0.1, 0.15) is 129 Å². The topological polar surface area (TPSA) is 199 Å². The number of aliphatic carboxylic acids is 2. The molecule has 1 fully saturated rings. The fourth-order valence-corrected chi connectivity index (χ4v) is 6.83. The molecule has 0 bridgehead atoms. The molecule has 4 amide bonds. The van der Waals surface area contributed by atoms with Gasteiger partial charge in [0.25, 0.3) is 0 Å². The van der Waals surface area contributed by atoms with Gasteiger partial charge in [-0.15, -0.1) is 11.8 Å². The number of carbonyl (C=O) groups is 7. The van der Waals surface area contributed by atoms with Crippen LogP contribution in [0.25, 0.3) is 0 Å². The molecule has 5 N–H and O–H groups in total. The van der Waals surface area contributed by atoms with Crippen LogP contribution in [-0.4, -0.2) is 99.7 Å². The Morgan fingerprint density at radius 1 is 0.771 bits per heavy atom. The van der Waals surface area contributed by atoms with Crippen LogP contribution in [0.4, 0.5) is 0 Å². The van der Waals surface area contributed by atoms with E-state index < -0.39 is 23.2 Å². The molecular formula is C34H58N4O9S. The Kier molecular flexibility index (Phi) is 23.3. The lowest BCUT2D eigenvalue weighted by Crippen LogP contribution is -2.41. The summed E-state index contributed by atoms with van der Waals surface area (Å²) in [5.41, 5.74) is 0. The molecule has 14 heteroatoms. The van der Waals surface area contributed by atoms with Crippen molar-refractivity contribution in [2.75, 3.05) is 25.9 Å². The standard InChI is InChI=1S/C34H58N4O9S/c1-25(39)27(35-2)24-48-28-23-31(42)38(33(28)45)22-16-15-21-36-29(40)20-19-26(34(46)47)37-30(41)17-13-11-9-7-5-3-4-6-8-10-12-14-18-32(43)44/h26-28,35H,3-24H2,1-2H3,(H,36,40)(H,37,41)(H,43,44)(H,46,47). The van der Waals surface area contributed by atoms with Gasteiger partial charge in [-0.25, -0.2) is 4.79 Å². The molecule has 48 heavy (non-hydrogen) atoms. The number of hydrogen-bond donors (Lipinski definition) is 5. The van der Waals surface area contributed by atoms with E-state index in [1.807, 2.05) is 0 Å². The lowest BCUT2D eigenvalue weighted by atomic mass is 10.0. The second-order valence-electron chi connectivity index (χ2n) is 12.6. The number of likely N-dealkylation sites (N-methyl/N-ethyl adjacent to an activating group) is 1. The van der Waals surface area contributed by atoms with E-state index in [2.05, 4.69) is 16.0 Å². The molecule has 0 aromatic rings. The lowest BCUT2D eigenvalue weighted by molar-refractivity contribution is -0.142. The van der Waals surface area contributed by atoms with Gasteiger partial charge < -0.3 is 26.2 Å². The summed E-state index contributed by atoms with van der Waals surface area (Å²) in [5, 5.41) is 25.8. The third kappa shape index (κ3) is 19.7. The van der Waals surface area contributed by atoms with Crippen LogP contribution >= 0.6 is 11.8 Å². The smallest absolute Gasteiger partial charge is 0.326 e. The van der Waals surface area contributed by atoms with E-state index in [0.29, 0.717) is 31.6 Å². The molecule has 13 nitrogen and oxygen atoms in total. The quantitative estimate of drug-likeness (QED) is 0.0540. The molecule has 0 aromatic heterocycles. The average Bonchev–Trinajstić information content (AvgIpc) is 3.30.